The fourth-order valence-corrected chi connectivity index (χ4v) is 1.55. The third-order valence-corrected chi connectivity index (χ3v) is 2.33. The fourth-order valence-electron chi connectivity index (χ4n) is 1.55. The minimum atomic E-state index is -0.170. The molecule has 0 saturated heterocycles. The molecule has 0 aliphatic heterocycles. The predicted octanol–water partition coefficient (Wildman–Crippen LogP) is 0.610. The summed E-state index contributed by atoms with van der Waals surface area (Å²) in [7, 11) is 1.62. The van der Waals surface area contributed by atoms with Gasteiger partial charge in [0.15, 0.2) is 0 Å². The zero-order chi connectivity index (χ0) is 12.1. The number of aromatic amines is 1. The summed E-state index contributed by atoms with van der Waals surface area (Å²) >= 11 is 0. The summed E-state index contributed by atoms with van der Waals surface area (Å²) in [6.07, 6.45) is 0. The maximum atomic E-state index is 12.0. The molecule has 1 atom stereocenters. The summed E-state index contributed by atoms with van der Waals surface area (Å²) in [6.45, 7) is 6.73. The highest BCUT2D eigenvalue weighted by molar-refractivity contribution is 5.90. The molecule has 1 amide bonds. The molecule has 90 valence electrons. The number of likely N-dealkylation sites (N-methyl/N-ethyl adjacent to an activating group) is 1. The molecule has 1 heterocycles. The topological polar surface area (TPSA) is 71.1 Å². The first-order valence-electron chi connectivity index (χ1n) is 5.29. The standard InChI is InChI=1S/C10H18N4O2/c1-5-14(7(2)6-16-4)10(15)9-11-8(3)12-13-9/h7H,5-6H2,1-4H3,(H,11,12,13). The van der Waals surface area contributed by atoms with Crippen molar-refractivity contribution < 1.29 is 9.53 Å². The third-order valence-electron chi connectivity index (χ3n) is 2.33. The molecule has 1 unspecified atom stereocenters. The van der Waals surface area contributed by atoms with Gasteiger partial charge in [-0.05, 0) is 20.8 Å². The van der Waals surface area contributed by atoms with Crippen molar-refractivity contribution in [1.29, 1.82) is 0 Å². The van der Waals surface area contributed by atoms with Crippen LogP contribution >= 0.6 is 0 Å². The van der Waals surface area contributed by atoms with Gasteiger partial charge in [0.25, 0.3) is 5.91 Å². The largest absolute Gasteiger partial charge is 0.383 e. The first-order valence-corrected chi connectivity index (χ1v) is 5.29. The van der Waals surface area contributed by atoms with Crippen molar-refractivity contribution in [2.45, 2.75) is 26.8 Å². The molecular weight excluding hydrogens is 208 g/mol. The van der Waals surface area contributed by atoms with E-state index in [0.29, 0.717) is 19.0 Å². The highest BCUT2D eigenvalue weighted by Gasteiger charge is 2.22. The maximum absolute atomic E-state index is 12.0. The molecule has 0 spiro atoms. The average molecular weight is 226 g/mol. The van der Waals surface area contributed by atoms with E-state index in [1.165, 1.54) is 0 Å². The van der Waals surface area contributed by atoms with E-state index in [1.807, 2.05) is 13.8 Å². The lowest BCUT2D eigenvalue weighted by Gasteiger charge is -2.26. The van der Waals surface area contributed by atoms with Crippen LogP contribution in [0.15, 0.2) is 0 Å². The van der Waals surface area contributed by atoms with Gasteiger partial charge in [-0.1, -0.05) is 0 Å². The van der Waals surface area contributed by atoms with Gasteiger partial charge in [0, 0.05) is 13.7 Å². The Morgan fingerprint density at radius 3 is 2.75 bits per heavy atom. The molecule has 0 aromatic carbocycles. The molecule has 0 radical (unpaired) electrons. The number of carbonyl (C=O) groups is 1. The number of nitrogens with zero attached hydrogens (tertiary/aromatic N) is 3. The Labute approximate surface area is 95.0 Å². The molecule has 0 aliphatic carbocycles. The van der Waals surface area contributed by atoms with E-state index >= 15 is 0 Å². The number of ether oxygens (including phenoxy) is 1. The van der Waals surface area contributed by atoms with Crippen molar-refractivity contribution in [3.8, 4) is 0 Å². The van der Waals surface area contributed by atoms with Crippen molar-refractivity contribution >= 4 is 5.91 Å². The first kappa shape index (κ1) is 12.6. The number of H-pyrrole nitrogens is 1. The molecule has 6 heteroatoms. The minimum Gasteiger partial charge on any atom is -0.383 e. The minimum absolute atomic E-state index is 0.0151. The second-order valence-corrected chi connectivity index (χ2v) is 3.64. The van der Waals surface area contributed by atoms with E-state index < -0.39 is 0 Å². The molecule has 0 fully saturated rings. The van der Waals surface area contributed by atoms with Gasteiger partial charge in [-0.2, -0.15) is 0 Å². The van der Waals surface area contributed by atoms with Crippen molar-refractivity contribution in [3.63, 3.8) is 0 Å². The monoisotopic (exact) mass is 226 g/mol. The Hall–Kier alpha value is -1.43. The molecule has 1 rings (SSSR count). The lowest BCUT2D eigenvalue weighted by molar-refractivity contribution is 0.0568. The SMILES string of the molecule is CCN(C(=O)c1n[nH]c(C)n1)C(C)COC. The molecule has 1 aromatic heterocycles. The maximum Gasteiger partial charge on any atom is 0.293 e. The second-order valence-electron chi connectivity index (χ2n) is 3.64. The fraction of sp³-hybridized carbons (Fsp3) is 0.700. The molecule has 1 aromatic rings. The molecule has 0 aliphatic rings. The highest BCUT2D eigenvalue weighted by Crippen LogP contribution is 2.05. The van der Waals surface area contributed by atoms with Crippen molar-refractivity contribution in [1.82, 2.24) is 20.1 Å². The molecule has 0 bridgehead atoms. The van der Waals surface area contributed by atoms with Gasteiger partial charge in [-0.3, -0.25) is 9.89 Å². The number of carbonyl (C=O) groups excluding carboxylic acids is 1. The Kier molecular flexibility index (Phi) is 4.42. The van der Waals surface area contributed by atoms with Crippen LogP contribution in [0.5, 0.6) is 0 Å². The van der Waals surface area contributed by atoms with Crippen LogP contribution in [0.25, 0.3) is 0 Å². The zero-order valence-corrected chi connectivity index (χ0v) is 10.1. The summed E-state index contributed by atoms with van der Waals surface area (Å²) < 4.78 is 5.04. The summed E-state index contributed by atoms with van der Waals surface area (Å²) in [4.78, 5) is 17.7. The molecular formula is C10H18N4O2. The lowest BCUT2D eigenvalue weighted by atomic mass is 10.3. The number of methoxy groups -OCH3 is 1. The summed E-state index contributed by atoms with van der Waals surface area (Å²) in [5.41, 5.74) is 0. The van der Waals surface area contributed by atoms with Gasteiger partial charge in [0.2, 0.25) is 5.82 Å². The Bertz CT molecular complexity index is 350. The van der Waals surface area contributed by atoms with Crippen LogP contribution in [0, 0.1) is 6.92 Å². The van der Waals surface area contributed by atoms with E-state index in [0.717, 1.165) is 0 Å². The number of rotatable bonds is 5. The van der Waals surface area contributed by atoms with E-state index in [9.17, 15) is 4.79 Å². The van der Waals surface area contributed by atoms with Crippen LogP contribution in [-0.4, -0.2) is 52.3 Å². The van der Waals surface area contributed by atoms with Crippen LogP contribution in [0.2, 0.25) is 0 Å². The Morgan fingerprint density at radius 2 is 2.31 bits per heavy atom. The summed E-state index contributed by atoms with van der Waals surface area (Å²) in [6, 6.07) is 0.0151. The third kappa shape index (κ3) is 2.79. The molecule has 6 nitrogen and oxygen atoms in total. The van der Waals surface area contributed by atoms with Crippen molar-refractivity contribution in [2.75, 3.05) is 20.3 Å². The van der Waals surface area contributed by atoms with Crippen LogP contribution in [-0.2, 0) is 4.74 Å². The van der Waals surface area contributed by atoms with Gasteiger partial charge < -0.3 is 9.64 Å². The van der Waals surface area contributed by atoms with Gasteiger partial charge in [-0.25, -0.2) is 4.98 Å². The second kappa shape index (κ2) is 5.60. The van der Waals surface area contributed by atoms with Gasteiger partial charge >= 0.3 is 0 Å². The number of aryl methyl sites for hydroxylation is 1. The van der Waals surface area contributed by atoms with Crippen LogP contribution in [0.1, 0.15) is 30.3 Å². The quantitative estimate of drug-likeness (QED) is 0.798. The zero-order valence-electron chi connectivity index (χ0n) is 10.1. The van der Waals surface area contributed by atoms with Gasteiger partial charge in [0.1, 0.15) is 5.82 Å². The van der Waals surface area contributed by atoms with Crippen LogP contribution in [0.4, 0.5) is 0 Å². The molecule has 0 saturated carbocycles. The van der Waals surface area contributed by atoms with Crippen LogP contribution in [0.3, 0.4) is 0 Å². The van der Waals surface area contributed by atoms with E-state index in [2.05, 4.69) is 15.2 Å². The number of aromatic nitrogens is 3. The van der Waals surface area contributed by atoms with Crippen molar-refractivity contribution in [3.05, 3.63) is 11.6 Å². The number of nitrogens with one attached hydrogen (secondary N) is 1. The predicted molar refractivity (Wildman–Crippen MR) is 59.2 cm³/mol. The average Bonchev–Trinajstić information content (AvgIpc) is 2.66. The summed E-state index contributed by atoms with van der Waals surface area (Å²) in [5, 5.41) is 6.52. The van der Waals surface area contributed by atoms with E-state index in [-0.39, 0.29) is 17.8 Å². The Morgan fingerprint density at radius 1 is 1.62 bits per heavy atom. The molecule has 1 N–H and O–H groups in total. The summed E-state index contributed by atoms with van der Waals surface area (Å²) in [5.74, 6) is 0.678. The Balaban J connectivity index is 2.77. The van der Waals surface area contributed by atoms with Gasteiger partial charge in [-0.15, -0.1) is 5.10 Å². The number of hydrogen-bond acceptors (Lipinski definition) is 4. The van der Waals surface area contributed by atoms with E-state index in [4.69, 9.17) is 4.74 Å². The first-order chi connectivity index (χ1) is 7.60. The highest BCUT2D eigenvalue weighted by atomic mass is 16.5. The normalized spacial score (nSPS) is 12.5. The lowest BCUT2D eigenvalue weighted by Crippen LogP contribution is -2.41. The van der Waals surface area contributed by atoms with Crippen LogP contribution < -0.4 is 0 Å². The van der Waals surface area contributed by atoms with Crippen molar-refractivity contribution in [2.24, 2.45) is 0 Å². The number of amides is 1. The smallest absolute Gasteiger partial charge is 0.293 e. The number of hydrogen-bond donors (Lipinski definition) is 1. The van der Waals surface area contributed by atoms with E-state index in [1.54, 1.807) is 18.9 Å². The van der Waals surface area contributed by atoms with Gasteiger partial charge in [0.05, 0.1) is 12.6 Å². The molecule has 16 heavy (non-hydrogen) atoms.